The number of amides is 1. The number of thiazole rings is 1. The number of rotatable bonds is 2. The first-order valence-electron chi connectivity index (χ1n) is 5.23. The van der Waals surface area contributed by atoms with Gasteiger partial charge in [0.05, 0.1) is 15.5 Å². The zero-order valence-corrected chi connectivity index (χ0v) is 11.5. The van der Waals surface area contributed by atoms with Gasteiger partial charge in [0.15, 0.2) is 5.13 Å². The number of anilines is 1. The van der Waals surface area contributed by atoms with Crippen LogP contribution in [0.3, 0.4) is 0 Å². The standard InChI is InChI=1S/C12H8BrN3OS/c13-10-6-15-12(18-10)16-11(17)8-5-14-9-4-2-1-3-7(8)9/h1-6,14H,(H,15,16,17). The number of halogens is 1. The molecule has 0 saturated heterocycles. The van der Waals surface area contributed by atoms with Crippen molar-refractivity contribution in [2.24, 2.45) is 0 Å². The van der Waals surface area contributed by atoms with Crippen LogP contribution in [-0.2, 0) is 0 Å². The van der Waals surface area contributed by atoms with Gasteiger partial charge >= 0.3 is 0 Å². The highest BCUT2D eigenvalue weighted by Gasteiger charge is 2.13. The van der Waals surface area contributed by atoms with Gasteiger partial charge in [0.25, 0.3) is 5.91 Å². The zero-order valence-electron chi connectivity index (χ0n) is 9.11. The Bertz CT molecular complexity index is 719. The van der Waals surface area contributed by atoms with E-state index < -0.39 is 0 Å². The Morgan fingerprint density at radius 1 is 1.39 bits per heavy atom. The number of hydrogen-bond donors (Lipinski definition) is 2. The number of carbonyl (C=O) groups is 1. The van der Waals surface area contributed by atoms with Gasteiger partial charge in [-0.05, 0) is 22.0 Å². The Morgan fingerprint density at radius 3 is 3.00 bits per heavy atom. The van der Waals surface area contributed by atoms with Crippen LogP contribution in [0, 0.1) is 0 Å². The molecule has 3 aromatic rings. The van der Waals surface area contributed by atoms with Crippen molar-refractivity contribution in [3.63, 3.8) is 0 Å². The van der Waals surface area contributed by atoms with E-state index in [0.29, 0.717) is 10.7 Å². The second-order valence-electron chi connectivity index (χ2n) is 3.67. The lowest BCUT2D eigenvalue weighted by Crippen LogP contribution is -2.10. The van der Waals surface area contributed by atoms with Crippen molar-refractivity contribution in [1.29, 1.82) is 0 Å². The summed E-state index contributed by atoms with van der Waals surface area (Å²) in [5.41, 5.74) is 1.57. The van der Waals surface area contributed by atoms with E-state index in [1.54, 1.807) is 12.4 Å². The minimum Gasteiger partial charge on any atom is -0.360 e. The van der Waals surface area contributed by atoms with Gasteiger partial charge in [-0.15, -0.1) is 0 Å². The smallest absolute Gasteiger partial charge is 0.259 e. The molecule has 0 saturated carbocycles. The number of para-hydroxylation sites is 1. The van der Waals surface area contributed by atoms with Crippen LogP contribution in [0.15, 0.2) is 40.4 Å². The Kier molecular flexibility index (Phi) is 2.89. The van der Waals surface area contributed by atoms with Crippen LogP contribution >= 0.6 is 27.3 Å². The summed E-state index contributed by atoms with van der Waals surface area (Å²) in [6.07, 6.45) is 3.37. The molecule has 1 aromatic carbocycles. The maximum atomic E-state index is 12.1. The molecule has 0 aliphatic rings. The highest BCUT2D eigenvalue weighted by molar-refractivity contribution is 9.11. The fourth-order valence-corrected chi connectivity index (χ4v) is 2.84. The third-order valence-corrected chi connectivity index (χ3v) is 3.92. The number of nitrogens with one attached hydrogen (secondary N) is 2. The largest absolute Gasteiger partial charge is 0.360 e. The minimum absolute atomic E-state index is 0.158. The predicted molar refractivity (Wildman–Crippen MR) is 76.1 cm³/mol. The summed E-state index contributed by atoms with van der Waals surface area (Å²) in [7, 11) is 0. The van der Waals surface area contributed by atoms with Crippen molar-refractivity contribution in [3.05, 3.63) is 46.0 Å². The van der Waals surface area contributed by atoms with Crippen LogP contribution in [-0.4, -0.2) is 15.9 Å². The SMILES string of the molecule is O=C(Nc1ncc(Br)s1)c1c[nH]c2ccccc12. The molecule has 4 nitrogen and oxygen atoms in total. The van der Waals surface area contributed by atoms with Gasteiger partial charge < -0.3 is 4.98 Å². The molecule has 0 unspecified atom stereocenters. The number of H-pyrrole nitrogens is 1. The summed E-state index contributed by atoms with van der Waals surface area (Å²) in [6, 6.07) is 7.69. The van der Waals surface area contributed by atoms with Crippen molar-refractivity contribution in [2.75, 3.05) is 5.32 Å². The highest BCUT2D eigenvalue weighted by Crippen LogP contribution is 2.24. The number of fused-ring (bicyclic) bond motifs is 1. The molecule has 0 aliphatic heterocycles. The molecule has 2 aromatic heterocycles. The molecular weight excluding hydrogens is 314 g/mol. The van der Waals surface area contributed by atoms with Gasteiger partial charge in [-0.3, -0.25) is 10.1 Å². The molecule has 0 aliphatic carbocycles. The lowest BCUT2D eigenvalue weighted by molar-refractivity contribution is 0.102. The molecule has 6 heteroatoms. The van der Waals surface area contributed by atoms with E-state index in [9.17, 15) is 4.79 Å². The van der Waals surface area contributed by atoms with E-state index in [1.165, 1.54) is 11.3 Å². The quantitative estimate of drug-likeness (QED) is 0.757. The molecule has 0 spiro atoms. The van der Waals surface area contributed by atoms with Crippen LogP contribution in [0.4, 0.5) is 5.13 Å². The Balaban J connectivity index is 1.92. The lowest BCUT2D eigenvalue weighted by Gasteiger charge is -1.99. The average molecular weight is 322 g/mol. The van der Waals surface area contributed by atoms with Crippen molar-refractivity contribution in [3.8, 4) is 0 Å². The second kappa shape index (κ2) is 4.55. The highest BCUT2D eigenvalue weighted by atomic mass is 79.9. The molecule has 3 rings (SSSR count). The predicted octanol–water partition coefficient (Wildman–Crippen LogP) is 3.64. The van der Waals surface area contributed by atoms with E-state index in [-0.39, 0.29) is 5.91 Å². The van der Waals surface area contributed by atoms with Crippen molar-refractivity contribution in [2.45, 2.75) is 0 Å². The second-order valence-corrected chi connectivity index (χ2v) is 6.08. The van der Waals surface area contributed by atoms with E-state index in [1.807, 2.05) is 24.3 Å². The van der Waals surface area contributed by atoms with Gasteiger partial charge in [0, 0.05) is 17.1 Å². The molecule has 2 N–H and O–H groups in total. The number of aromatic nitrogens is 2. The first kappa shape index (κ1) is 11.4. The summed E-state index contributed by atoms with van der Waals surface area (Å²) in [4.78, 5) is 19.3. The lowest BCUT2D eigenvalue weighted by atomic mass is 10.2. The number of aromatic amines is 1. The van der Waals surface area contributed by atoms with Gasteiger partial charge in [-0.1, -0.05) is 29.5 Å². The van der Waals surface area contributed by atoms with Crippen LogP contribution in [0.25, 0.3) is 10.9 Å². The average Bonchev–Trinajstić information content (AvgIpc) is 2.95. The van der Waals surface area contributed by atoms with Crippen LogP contribution in [0.1, 0.15) is 10.4 Å². The van der Waals surface area contributed by atoms with E-state index in [2.05, 4.69) is 31.2 Å². The summed E-state index contributed by atoms with van der Waals surface area (Å²) in [5, 5.41) is 4.26. The monoisotopic (exact) mass is 321 g/mol. The Labute approximate surface area is 115 Å². The van der Waals surface area contributed by atoms with E-state index >= 15 is 0 Å². The van der Waals surface area contributed by atoms with E-state index in [0.717, 1.165) is 14.7 Å². The van der Waals surface area contributed by atoms with Crippen LogP contribution in [0.2, 0.25) is 0 Å². The summed E-state index contributed by atoms with van der Waals surface area (Å²) in [6.45, 7) is 0. The van der Waals surface area contributed by atoms with Crippen molar-refractivity contribution >= 4 is 49.2 Å². The number of nitrogens with zero attached hydrogens (tertiary/aromatic N) is 1. The van der Waals surface area contributed by atoms with Crippen LogP contribution < -0.4 is 5.32 Å². The first-order chi connectivity index (χ1) is 8.74. The molecule has 1 amide bonds. The Hall–Kier alpha value is -1.66. The van der Waals surface area contributed by atoms with Gasteiger partial charge in [-0.2, -0.15) is 0 Å². The van der Waals surface area contributed by atoms with Gasteiger partial charge in [0.1, 0.15) is 0 Å². The Morgan fingerprint density at radius 2 is 2.22 bits per heavy atom. The summed E-state index contributed by atoms with van der Waals surface area (Å²) < 4.78 is 0.886. The fraction of sp³-hybridized carbons (Fsp3) is 0. The first-order valence-corrected chi connectivity index (χ1v) is 6.84. The maximum absolute atomic E-state index is 12.1. The molecule has 0 bridgehead atoms. The molecule has 2 heterocycles. The molecule has 0 fully saturated rings. The van der Waals surface area contributed by atoms with Crippen LogP contribution in [0.5, 0.6) is 0 Å². The van der Waals surface area contributed by atoms with Gasteiger partial charge in [0.2, 0.25) is 0 Å². The van der Waals surface area contributed by atoms with Gasteiger partial charge in [-0.25, -0.2) is 4.98 Å². The third-order valence-electron chi connectivity index (χ3n) is 2.53. The van der Waals surface area contributed by atoms with Crippen molar-refractivity contribution < 1.29 is 4.79 Å². The molecule has 0 radical (unpaired) electrons. The molecule has 18 heavy (non-hydrogen) atoms. The maximum Gasteiger partial charge on any atom is 0.259 e. The zero-order chi connectivity index (χ0) is 12.5. The van der Waals surface area contributed by atoms with Crippen molar-refractivity contribution in [1.82, 2.24) is 9.97 Å². The normalized spacial score (nSPS) is 10.7. The number of benzene rings is 1. The fourth-order valence-electron chi connectivity index (χ4n) is 1.74. The number of hydrogen-bond acceptors (Lipinski definition) is 3. The van der Waals surface area contributed by atoms with E-state index in [4.69, 9.17) is 0 Å². The molecular formula is C12H8BrN3OS. The molecule has 90 valence electrons. The summed E-state index contributed by atoms with van der Waals surface area (Å²) >= 11 is 4.69. The number of carbonyl (C=O) groups excluding carboxylic acids is 1. The third kappa shape index (κ3) is 2.04. The minimum atomic E-state index is -0.158. The topological polar surface area (TPSA) is 57.8 Å². The molecule has 0 atom stereocenters. The summed E-state index contributed by atoms with van der Waals surface area (Å²) in [5.74, 6) is -0.158.